The second-order valence-corrected chi connectivity index (χ2v) is 4.05. The van der Waals surface area contributed by atoms with Crippen LogP contribution in [0, 0.1) is 0 Å². The molecule has 4 N–H and O–H groups in total. The first-order valence-electron chi connectivity index (χ1n) is 5.31. The third-order valence-electron chi connectivity index (χ3n) is 3.10. The topological polar surface area (TPSA) is 70.5 Å². The average molecular weight is 228 g/mol. The van der Waals surface area contributed by atoms with Gasteiger partial charge in [-0.15, -0.1) is 0 Å². The number of hydrogen-bond donors (Lipinski definition) is 2. The molecule has 0 aromatic heterocycles. The molecule has 0 atom stereocenters. The minimum absolute atomic E-state index is 0.673. The third-order valence-corrected chi connectivity index (χ3v) is 3.10. The van der Waals surface area contributed by atoms with Crippen molar-refractivity contribution in [1.82, 2.24) is 0 Å². The molecule has 4 heteroatoms. The summed E-state index contributed by atoms with van der Waals surface area (Å²) in [5.41, 5.74) is 4.84. The summed E-state index contributed by atoms with van der Waals surface area (Å²) in [4.78, 5) is 9.48. The summed E-state index contributed by atoms with van der Waals surface area (Å²) in [7, 11) is 0. The van der Waals surface area contributed by atoms with Crippen molar-refractivity contribution in [2.75, 3.05) is 0 Å². The highest BCUT2D eigenvalue weighted by Gasteiger charge is 2.19. The Labute approximate surface area is 98.7 Å². The fraction of sp³-hybridized carbons (Fsp3) is 0.0769. The van der Waals surface area contributed by atoms with Crippen molar-refractivity contribution in [3.63, 3.8) is 0 Å². The Balaban J connectivity index is 2.10. The molecule has 2 aromatic carbocycles. The molecule has 0 bridgehead atoms. The van der Waals surface area contributed by atoms with Crippen LogP contribution in [0.4, 0.5) is 0 Å². The Morgan fingerprint density at radius 2 is 1.24 bits per heavy atom. The van der Waals surface area contributed by atoms with Crippen molar-refractivity contribution in [3.05, 3.63) is 47.5 Å². The zero-order valence-electron chi connectivity index (χ0n) is 9.14. The van der Waals surface area contributed by atoms with Crippen LogP contribution in [-0.2, 0) is 6.42 Å². The van der Waals surface area contributed by atoms with Crippen molar-refractivity contribution in [3.8, 4) is 22.6 Å². The van der Waals surface area contributed by atoms with Gasteiger partial charge in [-0.1, -0.05) is 12.1 Å². The SMILES string of the molecule is NOc1ccc2c(c1)Cc1cc(ON)ccc1-2. The number of fused-ring (bicyclic) bond motifs is 3. The lowest BCUT2D eigenvalue weighted by Crippen LogP contribution is -2.01. The number of rotatable bonds is 2. The molecule has 0 saturated carbocycles. The summed E-state index contributed by atoms with van der Waals surface area (Å²) in [5.74, 6) is 11.7. The summed E-state index contributed by atoms with van der Waals surface area (Å²) in [5, 5.41) is 0. The molecule has 0 unspecified atom stereocenters. The Kier molecular flexibility index (Phi) is 2.24. The molecular weight excluding hydrogens is 216 g/mol. The van der Waals surface area contributed by atoms with E-state index in [-0.39, 0.29) is 0 Å². The second kappa shape index (κ2) is 3.76. The largest absolute Gasteiger partial charge is 0.412 e. The third kappa shape index (κ3) is 1.54. The van der Waals surface area contributed by atoms with E-state index in [4.69, 9.17) is 21.5 Å². The zero-order valence-corrected chi connectivity index (χ0v) is 9.14. The predicted molar refractivity (Wildman–Crippen MR) is 64.3 cm³/mol. The van der Waals surface area contributed by atoms with E-state index in [0.717, 1.165) is 6.42 Å². The molecule has 17 heavy (non-hydrogen) atoms. The molecule has 1 aliphatic rings. The van der Waals surface area contributed by atoms with E-state index in [1.54, 1.807) is 0 Å². The van der Waals surface area contributed by atoms with Crippen molar-refractivity contribution in [1.29, 1.82) is 0 Å². The molecule has 0 fully saturated rings. The number of hydrogen-bond acceptors (Lipinski definition) is 4. The molecule has 1 aliphatic carbocycles. The molecule has 3 rings (SSSR count). The van der Waals surface area contributed by atoms with Crippen LogP contribution in [0.5, 0.6) is 11.5 Å². The lowest BCUT2D eigenvalue weighted by Gasteiger charge is -2.03. The summed E-state index contributed by atoms with van der Waals surface area (Å²) in [6, 6.07) is 11.7. The lowest BCUT2D eigenvalue weighted by atomic mass is 10.1. The van der Waals surface area contributed by atoms with E-state index in [1.165, 1.54) is 22.3 Å². The minimum Gasteiger partial charge on any atom is -0.412 e. The van der Waals surface area contributed by atoms with E-state index >= 15 is 0 Å². The second-order valence-electron chi connectivity index (χ2n) is 4.05. The van der Waals surface area contributed by atoms with Gasteiger partial charge in [-0.25, -0.2) is 0 Å². The normalized spacial score (nSPS) is 11.9. The fourth-order valence-electron chi connectivity index (χ4n) is 2.31. The Hall–Kier alpha value is -2.04. The molecule has 0 saturated heterocycles. The van der Waals surface area contributed by atoms with Crippen LogP contribution < -0.4 is 21.5 Å². The van der Waals surface area contributed by atoms with Crippen molar-refractivity contribution in [2.24, 2.45) is 11.8 Å². The quantitative estimate of drug-likeness (QED) is 0.656. The van der Waals surface area contributed by atoms with Gasteiger partial charge in [0.2, 0.25) is 0 Å². The van der Waals surface area contributed by atoms with Gasteiger partial charge in [0.25, 0.3) is 0 Å². The fourth-order valence-corrected chi connectivity index (χ4v) is 2.31. The molecular formula is C13H12N2O2. The molecule has 0 heterocycles. The van der Waals surface area contributed by atoms with Gasteiger partial charge in [0, 0.05) is 0 Å². The van der Waals surface area contributed by atoms with E-state index in [1.807, 2.05) is 36.4 Å². The van der Waals surface area contributed by atoms with E-state index < -0.39 is 0 Å². The van der Waals surface area contributed by atoms with Crippen LogP contribution in [0.3, 0.4) is 0 Å². The smallest absolute Gasteiger partial charge is 0.147 e. The van der Waals surface area contributed by atoms with Gasteiger partial charge in [-0.05, 0) is 52.9 Å². The van der Waals surface area contributed by atoms with Crippen LogP contribution in [0.1, 0.15) is 11.1 Å². The number of nitrogens with two attached hydrogens (primary N) is 2. The van der Waals surface area contributed by atoms with Gasteiger partial charge in [0.05, 0.1) is 0 Å². The van der Waals surface area contributed by atoms with Gasteiger partial charge in [-0.3, -0.25) is 0 Å². The Morgan fingerprint density at radius 1 is 0.765 bits per heavy atom. The molecule has 0 radical (unpaired) electrons. The monoisotopic (exact) mass is 228 g/mol. The van der Waals surface area contributed by atoms with Crippen LogP contribution in [0.25, 0.3) is 11.1 Å². The highest BCUT2D eigenvalue weighted by Crippen LogP contribution is 2.39. The molecule has 0 aliphatic heterocycles. The van der Waals surface area contributed by atoms with E-state index in [0.29, 0.717) is 11.5 Å². The highest BCUT2D eigenvalue weighted by molar-refractivity contribution is 5.78. The van der Waals surface area contributed by atoms with Gasteiger partial charge < -0.3 is 9.68 Å². The van der Waals surface area contributed by atoms with Gasteiger partial charge in [0.1, 0.15) is 11.5 Å². The zero-order chi connectivity index (χ0) is 11.8. The Morgan fingerprint density at radius 3 is 1.65 bits per heavy atom. The maximum atomic E-state index is 5.16. The molecule has 0 amide bonds. The van der Waals surface area contributed by atoms with Crippen molar-refractivity contribution in [2.45, 2.75) is 6.42 Å². The van der Waals surface area contributed by atoms with Crippen molar-refractivity contribution >= 4 is 0 Å². The van der Waals surface area contributed by atoms with Crippen molar-refractivity contribution < 1.29 is 9.68 Å². The first-order valence-corrected chi connectivity index (χ1v) is 5.31. The van der Waals surface area contributed by atoms with E-state index in [2.05, 4.69) is 0 Å². The molecule has 86 valence electrons. The molecule has 2 aromatic rings. The minimum atomic E-state index is 0.673. The first kappa shape index (κ1) is 10.1. The Bertz CT molecular complexity index is 530. The summed E-state index contributed by atoms with van der Waals surface area (Å²) in [6.45, 7) is 0. The lowest BCUT2D eigenvalue weighted by molar-refractivity contribution is 0.334. The first-order chi connectivity index (χ1) is 8.31. The predicted octanol–water partition coefficient (Wildman–Crippen LogP) is 1.76. The van der Waals surface area contributed by atoms with Gasteiger partial charge >= 0.3 is 0 Å². The maximum Gasteiger partial charge on any atom is 0.147 e. The van der Waals surface area contributed by atoms with Gasteiger partial charge in [0.15, 0.2) is 0 Å². The number of benzene rings is 2. The van der Waals surface area contributed by atoms with E-state index in [9.17, 15) is 0 Å². The summed E-state index contributed by atoms with van der Waals surface area (Å²) in [6.07, 6.45) is 0.846. The van der Waals surface area contributed by atoms with Crippen LogP contribution in [0.15, 0.2) is 36.4 Å². The van der Waals surface area contributed by atoms with Crippen LogP contribution >= 0.6 is 0 Å². The molecule has 0 spiro atoms. The average Bonchev–Trinajstić information content (AvgIpc) is 2.74. The molecule has 4 nitrogen and oxygen atoms in total. The summed E-state index contributed by atoms with van der Waals surface area (Å²) < 4.78 is 0. The van der Waals surface area contributed by atoms with Crippen LogP contribution in [0.2, 0.25) is 0 Å². The van der Waals surface area contributed by atoms with Gasteiger partial charge in [-0.2, -0.15) is 11.8 Å². The maximum absolute atomic E-state index is 5.16. The van der Waals surface area contributed by atoms with Crippen LogP contribution in [-0.4, -0.2) is 0 Å². The summed E-state index contributed by atoms with van der Waals surface area (Å²) >= 11 is 0. The standard InChI is InChI=1S/C13H12N2O2/c14-16-10-1-3-12-8(6-10)5-9-7-11(17-15)2-4-13(9)12/h1-4,6-7H,5,14-15H2. The highest BCUT2D eigenvalue weighted by atomic mass is 16.6.